The van der Waals surface area contributed by atoms with Crippen molar-refractivity contribution in [2.45, 2.75) is 43.5 Å². The van der Waals surface area contributed by atoms with Crippen LogP contribution in [0.3, 0.4) is 0 Å². The molecule has 0 aliphatic carbocycles. The van der Waals surface area contributed by atoms with Crippen LogP contribution in [0.2, 0.25) is 15.1 Å². The summed E-state index contributed by atoms with van der Waals surface area (Å²) >= 11 is 19.5. The molecule has 0 N–H and O–H groups in total. The Kier molecular flexibility index (Phi) is 7.31. The molecular weight excluding hydrogens is 497 g/mol. The molecule has 31 heavy (non-hydrogen) atoms. The van der Waals surface area contributed by atoms with Gasteiger partial charge in [0.1, 0.15) is 12.2 Å². The van der Waals surface area contributed by atoms with Crippen molar-refractivity contribution >= 4 is 58.2 Å². The Morgan fingerprint density at radius 2 is 1.77 bits per heavy atom. The maximum absolute atomic E-state index is 13.7. The smallest absolute Gasteiger partial charge is 0.299 e. The minimum absolute atomic E-state index is 0.0646. The molecule has 0 saturated carbocycles. The number of hydrogen-bond acceptors (Lipinski definition) is 3. The van der Waals surface area contributed by atoms with Crippen molar-refractivity contribution in [3.8, 4) is 0 Å². The minimum atomic E-state index is -4.51. The van der Waals surface area contributed by atoms with Gasteiger partial charge in [0.15, 0.2) is 5.82 Å². The number of benzene rings is 2. The molecule has 166 valence electrons. The highest BCUT2D eigenvalue weighted by Crippen LogP contribution is 2.48. The Labute approximate surface area is 196 Å². The van der Waals surface area contributed by atoms with Crippen LogP contribution >= 0.6 is 46.8 Å². The molecule has 1 aliphatic rings. The quantitative estimate of drug-likeness (QED) is 0.223. The van der Waals surface area contributed by atoms with Crippen LogP contribution in [0.25, 0.3) is 0 Å². The van der Waals surface area contributed by atoms with E-state index in [4.69, 9.17) is 34.8 Å². The summed E-state index contributed by atoms with van der Waals surface area (Å²) in [6.45, 7) is 1.94. The van der Waals surface area contributed by atoms with Gasteiger partial charge in [-0.3, -0.25) is 4.79 Å². The third kappa shape index (κ3) is 5.95. The summed E-state index contributed by atoms with van der Waals surface area (Å²) in [6.07, 6.45) is -5.55. The average molecular weight is 513 g/mol. The van der Waals surface area contributed by atoms with E-state index in [-0.39, 0.29) is 22.9 Å². The molecule has 0 spiro atoms. The number of rotatable bonds is 6. The summed E-state index contributed by atoms with van der Waals surface area (Å²) in [6, 6.07) is 8.20. The molecule has 0 fully saturated rings. The lowest BCUT2D eigenvalue weighted by atomic mass is 9.91. The van der Waals surface area contributed by atoms with Gasteiger partial charge in [-0.05, 0) is 60.2 Å². The zero-order valence-corrected chi connectivity index (χ0v) is 19.2. The number of hydrogen-bond donors (Lipinski definition) is 0. The molecule has 0 amide bonds. The third-order valence-electron chi connectivity index (χ3n) is 4.91. The first-order chi connectivity index (χ1) is 14.4. The van der Waals surface area contributed by atoms with Crippen molar-refractivity contribution in [1.82, 2.24) is 0 Å². The number of carbonyl (C=O) groups excluding carboxylic acids is 1. The standard InChI is InChI=1S/C21H16Cl3F4NOS/c1-20(13-7-16(23)19(25)17(24)8-13)10-18(29-31-20)12-3-2-11(15(22)6-12)4-5-14(30)9-21(26,27)28/h2-3,6-8H,4-5,9-10H2,1H3. The number of ketones is 1. The molecule has 2 aromatic carbocycles. The van der Waals surface area contributed by atoms with Gasteiger partial charge in [-0.1, -0.05) is 46.9 Å². The van der Waals surface area contributed by atoms with Crippen LogP contribution < -0.4 is 0 Å². The van der Waals surface area contributed by atoms with Crippen molar-refractivity contribution in [1.29, 1.82) is 0 Å². The maximum atomic E-state index is 13.7. The van der Waals surface area contributed by atoms with Gasteiger partial charge in [0.2, 0.25) is 0 Å². The molecule has 3 rings (SSSR count). The van der Waals surface area contributed by atoms with E-state index >= 15 is 0 Å². The molecule has 2 aromatic rings. The Bertz CT molecular complexity index is 1030. The first kappa shape index (κ1) is 24.4. The van der Waals surface area contributed by atoms with Crippen molar-refractivity contribution < 1.29 is 22.4 Å². The Hall–Kier alpha value is -1.28. The number of alkyl halides is 3. The average Bonchev–Trinajstić information content (AvgIpc) is 3.07. The molecule has 0 bridgehead atoms. The zero-order valence-electron chi connectivity index (χ0n) is 16.1. The predicted octanol–water partition coefficient (Wildman–Crippen LogP) is 8.00. The van der Waals surface area contributed by atoms with E-state index in [2.05, 4.69) is 4.40 Å². The molecule has 1 unspecified atom stereocenters. The lowest BCUT2D eigenvalue weighted by Crippen LogP contribution is -2.17. The zero-order chi connectivity index (χ0) is 23.0. The van der Waals surface area contributed by atoms with Gasteiger partial charge in [0.25, 0.3) is 0 Å². The number of halogens is 7. The second-order valence-electron chi connectivity index (χ2n) is 7.43. The van der Waals surface area contributed by atoms with Crippen LogP contribution in [0, 0.1) is 5.82 Å². The Morgan fingerprint density at radius 3 is 2.35 bits per heavy atom. The van der Waals surface area contributed by atoms with Crippen LogP contribution in [0.5, 0.6) is 0 Å². The van der Waals surface area contributed by atoms with E-state index < -0.39 is 28.9 Å². The van der Waals surface area contributed by atoms with Gasteiger partial charge in [0, 0.05) is 17.9 Å². The fourth-order valence-electron chi connectivity index (χ4n) is 3.23. The van der Waals surface area contributed by atoms with Gasteiger partial charge < -0.3 is 0 Å². The summed E-state index contributed by atoms with van der Waals surface area (Å²) in [4.78, 5) is 11.5. The monoisotopic (exact) mass is 511 g/mol. The van der Waals surface area contributed by atoms with Crippen LogP contribution in [0.1, 0.15) is 42.9 Å². The molecule has 1 aliphatic heterocycles. The summed E-state index contributed by atoms with van der Waals surface area (Å²) in [7, 11) is 0. The largest absolute Gasteiger partial charge is 0.395 e. The molecule has 1 heterocycles. The highest BCUT2D eigenvalue weighted by atomic mass is 35.5. The molecule has 0 aromatic heterocycles. The molecule has 2 nitrogen and oxygen atoms in total. The van der Waals surface area contributed by atoms with E-state index in [1.165, 1.54) is 24.1 Å². The Balaban J connectivity index is 1.70. The summed E-state index contributed by atoms with van der Waals surface area (Å²) in [5, 5.41) is 0.224. The molecule has 1 atom stereocenters. The number of nitrogens with zero attached hydrogens (tertiary/aromatic N) is 1. The van der Waals surface area contributed by atoms with E-state index in [1.54, 1.807) is 18.2 Å². The summed E-state index contributed by atoms with van der Waals surface area (Å²) in [5.74, 6) is -1.55. The number of carbonyl (C=O) groups is 1. The van der Waals surface area contributed by atoms with Crippen LogP contribution in [-0.2, 0) is 16.0 Å². The molecule has 0 saturated heterocycles. The van der Waals surface area contributed by atoms with E-state index in [9.17, 15) is 22.4 Å². The van der Waals surface area contributed by atoms with Gasteiger partial charge in [-0.25, -0.2) is 8.79 Å². The van der Waals surface area contributed by atoms with Gasteiger partial charge in [0.05, 0.1) is 20.5 Å². The second kappa shape index (κ2) is 9.30. The summed E-state index contributed by atoms with van der Waals surface area (Å²) in [5.41, 5.74) is 2.84. The fourth-order valence-corrected chi connectivity index (χ4v) is 4.89. The molecular formula is C21H16Cl3F4NOS. The maximum Gasteiger partial charge on any atom is 0.395 e. The Morgan fingerprint density at radius 1 is 1.13 bits per heavy atom. The second-order valence-corrected chi connectivity index (χ2v) is 9.92. The lowest BCUT2D eigenvalue weighted by Gasteiger charge is -2.23. The van der Waals surface area contributed by atoms with Gasteiger partial charge in [-0.15, -0.1) is 0 Å². The van der Waals surface area contributed by atoms with Gasteiger partial charge >= 0.3 is 6.18 Å². The van der Waals surface area contributed by atoms with Crippen molar-refractivity contribution in [3.63, 3.8) is 0 Å². The lowest BCUT2D eigenvalue weighted by molar-refractivity contribution is -0.152. The topological polar surface area (TPSA) is 29.4 Å². The van der Waals surface area contributed by atoms with Crippen molar-refractivity contribution in [3.05, 3.63) is 67.9 Å². The summed E-state index contributed by atoms with van der Waals surface area (Å²) < 4.78 is 54.6. The van der Waals surface area contributed by atoms with E-state index in [0.29, 0.717) is 17.0 Å². The van der Waals surface area contributed by atoms with E-state index in [0.717, 1.165) is 16.8 Å². The normalized spacial score (nSPS) is 18.9. The van der Waals surface area contributed by atoms with E-state index in [1.807, 2.05) is 6.92 Å². The fraction of sp³-hybridized carbons (Fsp3) is 0.333. The van der Waals surface area contributed by atoms with Crippen molar-refractivity contribution in [2.24, 2.45) is 4.40 Å². The van der Waals surface area contributed by atoms with Crippen LogP contribution in [0.4, 0.5) is 17.6 Å². The minimum Gasteiger partial charge on any atom is -0.299 e. The first-order valence-corrected chi connectivity index (χ1v) is 11.1. The SMILES string of the molecule is CC1(c2cc(Cl)c(F)c(Cl)c2)CC(c2ccc(CCC(=O)CC(F)(F)F)c(Cl)c2)=NS1. The highest BCUT2D eigenvalue weighted by Gasteiger charge is 2.36. The van der Waals surface area contributed by atoms with Crippen LogP contribution in [0.15, 0.2) is 34.7 Å². The van der Waals surface area contributed by atoms with Crippen LogP contribution in [-0.4, -0.2) is 17.7 Å². The molecule has 0 radical (unpaired) electrons. The molecule has 10 heteroatoms. The number of aryl methyl sites for hydroxylation is 1. The first-order valence-electron chi connectivity index (χ1n) is 9.15. The van der Waals surface area contributed by atoms with Crippen molar-refractivity contribution in [2.75, 3.05) is 0 Å². The van der Waals surface area contributed by atoms with Gasteiger partial charge in [-0.2, -0.15) is 13.2 Å². The highest BCUT2D eigenvalue weighted by molar-refractivity contribution is 7.99. The number of Topliss-reactive ketones (excluding diaryl/α,β-unsaturated/α-hetero) is 1. The third-order valence-corrected chi connectivity index (χ3v) is 6.91. The predicted molar refractivity (Wildman–Crippen MR) is 118 cm³/mol.